The summed E-state index contributed by atoms with van der Waals surface area (Å²) in [5.74, 6) is 0. The Morgan fingerprint density at radius 3 is 2.56 bits per heavy atom. The minimum absolute atomic E-state index is 0.0405. The highest BCUT2D eigenvalue weighted by Gasteiger charge is 2.36. The van der Waals surface area contributed by atoms with Crippen molar-refractivity contribution in [2.75, 3.05) is 24.2 Å². The monoisotopic (exact) mass is 394 g/mol. The summed E-state index contributed by atoms with van der Waals surface area (Å²) in [5.41, 5.74) is -1.56. The van der Waals surface area contributed by atoms with Gasteiger partial charge in [0.05, 0.1) is 11.3 Å². The maximum Gasteiger partial charge on any atom is 0.418 e. The normalized spacial score (nSPS) is 14.9. The van der Waals surface area contributed by atoms with E-state index in [2.05, 4.69) is 9.97 Å². The number of anilines is 1. The number of hydrogen-bond donors (Lipinski definition) is 1. The third-order valence-corrected chi connectivity index (χ3v) is 5.06. The highest BCUT2D eigenvalue weighted by Crippen LogP contribution is 2.40. The first-order valence-electron chi connectivity index (χ1n) is 8.40. The van der Waals surface area contributed by atoms with E-state index in [0.29, 0.717) is 13.1 Å². The molecule has 9 heteroatoms. The number of hydrogen-bond acceptors (Lipinski definition) is 5. The SMILES string of the molecule is CSc1nc(-c2ccc(N3CCCCC3)c(C(F)(F)F)c2)c(C#N)c(=O)[nH]1. The van der Waals surface area contributed by atoms with Crippen LogP contribution in [-0.4, -0.2) is 29.3 Å². The van der Waals surface area contributed by atoms with E-state index in [0.717, 1.165) is 37.1 Å². The summed E-state index contributed by atoms with van der Waals surface area (Å²) in [7, 11) is 0. The van der Waals surface area contributed by atoms with Crippen molar-refractivity contribution in [2.24, 2.45) is 0 Å². The van der Waals surface area contributed by atoms with E-state index in [-0.39, 0.29) is 27.7 Å². The van der Waals surface area contributed by atoms with E-state index in [4.69, 9.17) is 0 Å². The van der Waals surface area contributed by atoms with Gasteiger partial charge in [-0.15, -0.1) is 0 Å². The molecule has 1 fully saturated rings. The summed E-state index contributed by atoms with van der Waals surface area (Å²) >= 11 is 1.14. The first kappa shape index (κ1) is 19.3. The van der Waals surface area contributed by atoms with E-state index >= 15 is 0 Å². The first-order chi connectivity index (χ1) is 12.8. The fourth-order valence-corrected chi connectivity index (χ4v) is 3.56. The number of aromatic amines is 1. The van der Waals surface area contributed by atoms with Crippen molar-refractivity contribution in [3.63, 3.8) is 0 Å². The Balaban J connectivity index is 2.17. The van der Waals surface area contributed by atoms with Gasteiger partial charge in [0, 0.05) is 24.3 Å². The molecule has 0 amide bonds. The lowest BCUT2D eigenvalue weighted by atomic mass is 10.0. The molecule has 0 radical (unpaired) electrons. The third-order valence-electron chi connectivity index (χ3n) is 4.47. The van der Waals surface area contributed by atoms with Crippen molar-refractivity contribution in [1.29, 1.82) is 5.26 Å². The number of nitrogens with one attached hydrogen (secondary N) is 1. The smallest absolute Gasteiger partial charge is 0.371 e. The number of benzene rings is 1. The molecule has 5 nitrogen and oxygen atoms in total. The zero-order chi connectivity index (χ0) is 19.6. The Morgan fingerprint density at radius 2 is 1.96 bits per heavy atom. The minimum atomic E-state index is -4.56. The second-order valence-electron chi connectivity index (χ2n) is 6.19. The van der Waals surface area contributed by atoms with E-state index in [9.17, 15) is 23.2 Å². The van der Waals surface area contributed by atoms with Crippen LogP contribution in [0.3, 0.4) is 0 Å². The topological polar surface area (TPSA) is 72.8 Å². The van der Waals surface area contributed by atoms with Gasteiger partial charge in [-0.1, -0.05) is 17.8 Å². The fraction of sp³-hybridized carbons (Fsp3) is 0.389. The Bertz CT molecular complexity index is 943. The van der Waals surface area contributed by atoms with Gasteiger partial charge in [0.1, 0.15) is 11.6 Å². The molecule has 0 unspecified atom stereocenters. The largest absolute Gasteiger partial charge is 0.418 e. The zero-order valence-corrected chi connectivity index (χ0v) is 15.4. The van der Waals surface area contributed by atoms with Crippen LogP contribution in [0.4, 0.5) is 18.9 Å². The van der Waals surface area contributed by atoms with Crippen molar-refractivity contribution < 1.29 is 13.2 Å². The quantitative estimate of drug-likeness (QED) is 0.628. The van der Waals surface area contributed by atoms with Crippen molar-refractivity contribution in [2.45, 2.75) is 30.6 Å². The minimum Gasteiger partial charge on any atom is -0.371 e. The number of rotatable bonds is 3. The van der Waals surface area contributed by atoms with Gasteiger partial charge in [-0.2, -0.15) is 18.4 Å². The van der Waals surface area contributed by atoms with Crippen molar-refractivity contribution in [3.8, 4) is 17.3 Å². The van der Waals surface area contributed by atoms with Crippen LogP contribution in [0.1, 0.15) is 30.4 Å². The molecule has 0 aliphatic carbocycles. The number of thioether (sulfide) groups is 1. The number of H-pyrrole nitrogens is 1. The zero-order valence-electron chi connectivity index (χ0n) is 14.6. The summed E-state index contributed by atoms with van der Waals surface area (Å²) < 4.78 is 41.2. The lowest BCUT2D eigenvalue weighted by Crippen LogP contribution is -2.31. The molecular formula is C18H17F3N4OS. The van der Waals surface area contributed by atoms with Crippen LogP contribution in [0.15, 0.2) is 28.2 Å². The molecule has 1 aliphatic rings. The standard InChI is InChI=1S/C18H17F3N4OS/c1-27-17-23-15(12(10-22)16(26)24-17)11-5-6-14(13(9-11)18(19,20)21)25-7-3-2-4-8-25/h5-6,9H,2-4,7-8H2,1H3,(H,23,24,26). The van der Waals surface area contributed by atoms with Crippen molar-refractivity contribution >= 4 is 17.4 Å². The summed E-state index contributed by atoms with van der Waals surface area (Å²) in [6.07, 6.45) is -0.169. The molecule has 0 bridgehead atoms. The van der Waals surface area contributed by atoms with Gasteiger partial charge in [-0.05, 0) is 37.7 Å². The number of alkyl halides is 3. The fourth-order valence-electron chi connectivity index (χ4n) is 3.18. The Hall–Kier alpha value is -2.47. The molecule has 3 rings (SSSR count). The number of aromatic nitrogens is 2. The number of nitrogens with zero attached hydrogens (tertiary/aromatic N) is 3. The van der Waals surface area contributed by atoms with E-state index in [1.807, 2.05) is 0 Å². The number of piperidine rings is 1. The van der Waals surface area contributed by atoms with Gasteiger partial charge >= 0.3 is 6.18 Å². The van der Waals surface area contributed by atoms with E-state index in [1.165, 1.54) is 12.1 Å². The Kier molecular flexibility index (Phi) is 5.46. The maximum atomic E-state index is 13.7. The second-order valence-corrected chi connectivity index (χ2v) is 6.98. The molecule has 2 heterocycles. The molecule has 0 saturated carbocycles. The molecule has 1 N–H and O–H groups in total. The predicted molar refractivity (Wildman–Crippen MR) is 97.9 cm³/mol. The average Bonchev–Trinajstić information content (AvgIpc) is 2.66. The third kappa shape index (κ3) is 3.95. The molecule has 1 aromatic heterocycles. The predicted octanol–water partition coefficient (Wildman–Crippen LogP) is 4.04. The lowest BCUT2D eigenvalue weighted by Gasteiger charge is -2.31. The van der Waals surface area contributed by atoms with Gasteiger partial charge < -0.3 is 9.88 Å². The van der Waals surface area contributed by atoms with E-state index in [1.54, 1.807) is 17.2 Å². The summed E-state index contributed by atoms with van der Waals surface area (Å²) in [6, 6.07) is 5.63. The highest BCUT2D eigenvalue weighted by molar-refractivity contribution is 7.98. The number of nitriles is 1. The summed E-state index contributed by atoms with van der Waals surface area (Å²) in [4.78, 5) is 20.4. The Labute approximate surface area is 158 Å². The molecule has 0 spiro atoms. The molecule has 2 aromatic rings. The second kappa shape index (κ2) is 7.64. The van der Waals surface area contributed by atoms with Gasteiger partial charge in [0.15, 0.2) is 5.16 Å². The van der Waals surface area contributed by atoms with Crippen LogP contribution in [0, 0.1) is 11.3 Å². The van der Waals surface area contributed by atoms with Crippen LogP contribution < -0.4 is 10.5 Å². The molecular weight excluding hydrogens is 377 g/mol. The average molecular weight is 394 g/mol. The van der Waals surface area contributed by atoms with Crippen molar-refractivity contribution in [1.82, 2.24) is 9.97 Å². The molecule has 27 heavy (non-hydrogen) atoms. The summed E-state index contributed by atoms with van der Waals surface area (Å²) in [5, 5.41) is 9.50. The van der Waals surface area contributed by atoms with Gasteiger partial charge in [-0.25, -0.2) is 4.98 Å². The molecule has 1 saturated heterocycles. The Morgan fingerprint density at radius 1 is 1.26 bits per heavy atom. The van der Waals surface area contributed by atoms with Crippen LogP contribution in [0.25, 0.3) is 11.3 Å². The number of halogens is 3. The van der Waals surface area contributed by atoms with Gasteiger partial charge in [0.2, 0.25) is 0 Å². The maximum absolute atomic E-state index is 13.7. The van der Waals surface area contributed by atoms with Crippen molar-refractivity contribution in [3.05, 3.63) is 39.7 Å². The molecule has 1 aliphatic heterocycles. The lowest BCUT2D eigenvalue weighted by molar-refractivity contribution is -0.137. The molecule has 142 valence electrons. The van der Waals surface area contributed by atoms with E-state index < -0.39 is 17.3 Å². The molecule has 0 atom stereocenters. The molecule has 1 aromatic carbocycles. The van der Waals surface area contributed by atoms with Crippen LogP contribution in [0.5, 0.6) is 0 Å². The van der Waals surface area contributed by atoms with Gasteiger partial charge in [0.25, 0.3) is 5.56 Å². The van der Waals surface area contributed by atoms with Crippen LogP contribution in [-0.2, 0) is 6.18 Å². The summed E-state index contributed by atoms with van der Waals surface area (Å²) in [6.45, 7) is 1.15. The highest BCUT2D eigenvalue weighted by atomic mass is 32.2. The van der Waals surface area contributed by atoms with Crippen LogP contribution >= 0.6 is 11.8 Å². The van der Waals surface area contributed by atoms with Crippen LogP contribution in [0.2, 0.25) is 0 Å². The first-order valence-corrected chi connectivity index (χ1v) is 9.62. The van der Waals surface area contributed by atoms with Gasteiger partial charge in [-0.3, -0.25) is 4.79 Å².